The summed E-state index contributed by atoms with van der Waals surface area (Å²) in [5, 5.41) is 12.4. The minimum atomic E-state index is -0.394. The molecule has 174 valence electrons. The molecule has 3 aromatic carbocycles. The molecule has 1 N–H and O–H groups in total. The van der Waals surface area contributed by atoms with Crippen LogP contribution in [0.1, 0.15) is 24.4 Å². The molecule has 1 heterocycles. The van der Waals surface area contributed by atoms with Crippen LogP contribution >= 0.6 is 11.8 Å². The summed E-state index contributed by atoms with van der Waals surface area (Å²) in [7, 11) is 1.62. The van der Waals surface area contributed by atoms with Crippen molar-refractivity contribution >= 4 is 23.4 Å². The standard InChI is InChI=1S/C26H26N4O3S/c1-18-10-7-8-15-23(18)27-24(31)17-34-26-29-28-25(30(26)20-11-5-4-6-12-20)19(2)33-22-14-9-13-21(16-22)32-3/h4-16,19H,17H2,1-3H3,(H,27,31). The second kappa shape index (κ2) is 10.9. The monoisotopic (exact) mass is 474 g/mol. The van der Waals surface area contributed by atoms with E-state index < -0.39 is 6.10 Å². The molecular formula is C26H26N4O3S. The number of nitrogens with zero attached hydrogens (tertiary/aromatic N) is 3. The molecule has 0 fully saturated rings. The van der Waals surface area contributed by atoms with Crippen LogP contribution in [-0.4, -0.2) is 33.5 Å². The van der Waals surface area contributed by atoms with Gasteiger partial charge in [-0.25, -0.2) is 0 Å². The molecule has 4 aromatic rings. The number of thioether (sulfide) groups is 1. The van der Waals surface area contributed by atoms with Crippen molar-refractivity contribution in [3.8, 4) is 17.2 Å². The molecule has 0 radical (unpaired) electrons. The lowest BCUT2D eigenvalue weighted by Crippen LogP contribution is -2.16. The Hall–Kier alpha value is -3.78. The first-order valence-corrected chi connectivity index (χ1v) is 11.8. The third-order valence-corrected chi connectivity index (χ3v) is 6.07. The van der Waals surface area contributed by atoms with Gasteiger partial charge in [-0.15, -0.1) is 10.2 Å². The first-order valence-electron chi connectivity index (χ1n) is 10.8. The summed E-state index contributed by atoms with van der Waals surface area (Å²) < 4.78 is 13.4. The first-order chi connectivity index (χ1) is 16.5. The Morgan fingerprint density at radius 2 is 1.74 bits per heavy atom. The highest BCUT2D eigenvalue weighted by atomic mass is 32.2. The van der Waals surface area contributed by atoms with Crippen molar-refractivity contribution in [3.63, 3.8) is 0 Å². The number of amides is 1. The molecular weight excluding hydrogens is 448 g/mol. The van der Waals surface area contributed by atoms with Gasteiger partial charge in [0.2, 0.25) is 5.91 Å². The lowest BCUT2D eigenvalue weighted by molar-refractivity contribution is -0.113. The Balaban J connectivity index is 1.54. The Bertz CT molecular complexity index is 1260. The lowest BCUT2D eigenvalue weighted by Gasteiger charge is -2.17. The van der Waals surface area contributed by atoms with Crippen molar-refractivity contribution in [1.29, 1.82) is 0 Å². The molecule has 0 aliphatic carbocycles. The Morgan fingerprint density at radius 3 is 2.50 bits per heavy atom. The van der Waals surface area contributed by atoms with Crippen molar-refractivity contribution in [1.82, 2.24) is 14.8 Å². The van der Waals surface area contributed by atoms with E-state index in [0.717, 1.165) is 16.9 Å². The zero-order valence-corrected chi connectivity index (χ0v) is 20.1. The van der Waals surface area contributed by atoms with Crippen LogP contribution in [0, 0.1) is 6.92 Å². The number of para-hydroxylation sites is 2. The van der Waals surface area contributed by atoms with Gasteiger partial charge in [0.15, 0.2) is 17.1 Å². The number of carbonyl (C=O) groups excluding carboxylic acids is 1. The summed E-state index contributed by atoms with van der Waals surface area (Å²) in [5.41, 5.74) is 2.71. The van der Waals surface area contributed by atoms with E-state index in [1.165, 1.54) is 11.8 Å². The summed E-state index contributed by atoms with van der Waals surface area (Å²) in [5.74, 6) is 2.11. The van der Waals surface area contributed by atoms with Crippen LogP contribution in [0.15, 0.2) is 84.0 Å². The van der Waals surface area contributed by atoms with Crippen LogP contribution in [0.2, 0.25) is 0 Å². The number of rotatable bonds is 9. The average Bonchev–Trinajstić information content (AvgIpc) is 3.29. The van der Waals surface area contributed by atoms with E-state index in [4.69, 9.17) is 9.47 Å². The molecule has 7 nitrogen and oxygen atoms in total. The minimum Gasteiger partial charge on any atom is -0.497 e. The molecule has 34 heavy (non-hydrogen) atoms. The van der Waals surface area contributed by atoms with Crippen molar-refractivity contribution in [2.75, 3.05) is 18.2 Å². The highest BCUT2D eigenvalue weighted by Gasteiger charge is 2.22. The van der Waals surface area contributed by atoms with Gasteiger partial charge in [0.05, 0.1) is 12.9 Å². The first kappa shape index (κ1) is 23.4. The van der Waals surface area contributed by atoms with E-state index in [-0.39, 0.29) is 11.7 Å². The smallest absolute Gasteiger partial charge is 0.234 e. The number of aryl methyl sites for hydroxylation is 1. The number of methoxy groups -OCH3 is 1. The van der Waals surface area contributed by atoms with Crippen molar-refractivity contribution < 1.29 is 14.3 Å². The van der Waals surface area contributed by atoms with Crippen molar-refractivity contribution in [2.45, 2.75) is 25.1 Å². The van der Waals surface area contributed by atoms with Crippen LogP contribution in [0.25, 0.3) is 5.69 Å². The normalized spacial score (nSPS) is 11.6. The van der Waals surface area contributed by atoms with Gasteiger partial charge >= 0.3 is 0 Å². The highest BCUT2D eigenvalue weighted by molar-refractivity contribution is 7.99. The number of ether oxygens (including phenoxy) is 2. The number of aromatic nitrogens is 3. The van der Waals surface area contributed by atoms with E-state index in [1.807, 2.05) is 97.3 Å². The summed E-state index contributed by atoms with van der Waals surface area (Å²) in [6.45, 7) is 3.88. The molecule has 8 heteroatoms. The summed E-state index contributed by atoms with van der Waals surface area (Å²) in [6, 6.07) is 24.9. The number of hydrogen-bond donors (Lipinski definition) is 1. The lowest BCUT2D eigenvalue weighted by atomic mass is 10.2. The van der Waals surface area contributed by atoms with Gasteiger partial charge in [-0.05, 0) is 49.7 Å². The number of anilines is 1. The van der Waals surface area contributed by atoms with Crippen LogP contribution in [0.5, 0.6) is 11.5 Å². The van der Waals surface area contributed by atoms with Gasteiger partial charge in [-0.2, -0.15) is 0 Å². The van der Waals surface area contributed by atoms with Crippen LogP contribution in [0.4, 0.5) is 5.69 Å². The highest BCUT2D eigenvalue weighted by Crippen LogP contribution is 2.29. The van der Waals surface area contributed by atoms with Gasteiger partial charge in [0, 0.05) is 17.4 Å². The second-order valence-corrected chi connectivity index (χ2v) is 8.55. The number of carbonyl (C=O) groups is 1. The quantitative estimate of drug-likeness (QED) is 0.325. The van der Waals surface area contributed by atoms with Gasteiger partial charge in [0.25, 0.3) is 0 Å². The molecule has 1 atom stereocenters. The zero-order chi connectivity index (χ0) is 23.9. The van der Waals surface area contributed by atoms with Gasteiger partial charge in [0.1, 0.15) is 11.5 Å². The van der Waals surface area contributed by atoms with Gasteiger partial charge in [-0.3, -0.25) is 9.36 Å². The van der Waals surface area contributed by atoms with Gasteiger partial charge in [-0.1, -0.05) is 54.2 Å². The molecule has 0 spiro atoms. The van der Waals surface area contributed by atoms with Crippen molar-refractivity contribution in [3.05, 3.63) is 90.3 Å². The van der Waals surface area contributed by atoms with E-state index >= 15 is 0 Å². The fourth-order valence-electron chi connectivity index (χ4n) is 3.42. The summed E-state index contributed by atoms with van der Waals surface area (Å²) >= 11 is 1.33. The molecule has 4 rings (SSSR count). The fraction of sp³-hybridized carbons (Fsp3) is 0.192. The molecule has 1 amide bonds. The third-order valence-electron chi connectivity index (χ3n) is 5.14. The largest absolute Gasteiger partial charge is 0.497 e. The predicted molar refractivity (Wildman–Crippen MR) is 134 cm³/mol. The molecule has 0 bridgehead atoms. The molecule has 0 aliphatic rings. The Kier molecular flexibility index (Phi) is 7.49. The number of nitrogens with one attached hydrogen (secondary N) is 1. The van der Waals surface area contributed by atoms with Crippen LogP contribution in [0.3, 0.4) is 0 Å². The average molecular weight is 475 g/mol. The van der Waals surface area contributed by atoms with Crippen molar-refractivity contribution in [2.24, 2.45) is 0 Å². The van der Waals surface area contributed by atoms with Crippen LogP contribution in [-0.2, 0) is 4.79 Å². The summed E-state index contributed by atoms with van der Waals surface area (Å²) in [4.78, 5) is 12.6. The van der Waals surface area contributed by atoms with Gasteiger partial charge < -0.3 is 14.8 Å². The predicted octanol–water partition coefficient (Wildman–Crippen LogP) is 5.46. The molecule has 0 saturated carbocycles. The number of benzene rings is 3. The van der Waals surface area contributed by atoms with E-state index in [2.05, 4.69) is 15.5 Å². The summed E-state index contributed by atoms with van der Waals surface area (Å²) in [6.07, 6.45) is -0.394. The Labute approximate surface area is 203 Å². The SMILES string of the molecule is COc1cccc(OC(C)c2nnc(SCC(=O)Nc3ccccc3C)n2-c2ccccc2)c1. The minimum absolute atomic E-state index is 0.107. The molecule has 1 aromatic heterocycles. The maximum atomic E-state index is 12.6. The third kappa shape index (κ3) is 5.58. The molecule has 0 saturated heterocycles. The van der Waals surface area contributed by atoms with Crippen LogP contribution < -0.4 is 14.8 Å². The topological polar surface area (TPSA) is 78.3 Å². The van der Waals surface area contributed by atoms with E-state index in [1.54, 1.807) is 7.11 Å². The zero-order valence-electron chi connectivity index (χ0n) is 19.3. The maximum absolute atomic E-state index is 12.6. The number of hydrogen-bond acceptors (Lipinski definition) is 6. The second-order valence-electron chi connectivity index (χ2n) is 7.60. The van der Waals surface area contributed by atoms with E-state index in [9.17, 15) is 4.79 Å². The Morgan fingerprint density at radius 1 is 1.00 bits per heavy atom. The fourth-order valence-corrected chi connectivity index (χ4v) is 4.18. The molecule has 1 unspecified atom stereocenters. The van der Waals surface area contributed by atoms with E-state index in [0.29, 0.717) is 22.5 Å². The molecule has 0 aliphatic heterocycles. The maximum Gasteiger partial charge on any atom is 0.234 e.